The van der Waals surface area contributed by atoms with E-state index >= 15 is 0 Å². The maximum atomic E-state index is 13.5. The molecule has 2 aromatic rings. The molecule has 28 heavy (non-hydrogen) atoms. The number of thioether (sulfide) groups is 1. The molecule has 0 aliphatic carbocycles. The second-order valence-corrected chi connectivity index (χ2v) is 8.27. The third kappa shape index (κ3) is 3.03. The second kappa shape index (κ2) is 7.66. The quantitative estimate of drug-likeness (QED) is 0.822. The van der Waals surface area contributed by atoms with E-state index in [0.29, 0.717) is 36.2 Å². The highest BCUT2D eigenvalue weighted by Gasteiger charge is 2.59. The lowest BCUT2D eigenvalue weighted by atomic mass is 10.1. The topological polar surface area (TPSA) is 61.9 Å². The maximum absolute atomic E-state index is 13.5. The van der Waals surface area contributed by atoms with Crippen LogP contribution in [0.1, 0.15) is 5.56 Å². The second-order valence-electron chi connectivity index (χ2n) is 6.55. The lowest BCUT2D eigenvalue weighted by molar-refractivity contribution is -0.123. The molecule has 2 aromatic carbocycles. The normalized spacial score (nSPS) is 20.7. The van der Waals surface area contributed by atoms with Crippen LogP contribution in [-0.4, -0.2) is 49.4 Å². The molecule has 2 heterocycles. The van der Waals surface area contributed by atoms with Gasteiger partial charge >= 0.3 is 6.03 Å². The van der Waals surface area contributed by atoms with Crippen LogP contribution in [0.2, 0.25) is 5.02 Å². The van der Waals surface area contributed by atoms with E-state index < -0.39 is 4.87 Å². The average Bonchev–Trinajstić information content (AvgIpc) is 3.25. The first kappa shape index (κ1) is 19.1. The van der Waals surface area contributed by atoms with Crippen molar-refractivity contribution in [2.45, 2.75) is 4.87 Å². The zero-order valence-electron chi connectivity index (χ0n) is 15.4. The van der Waals surface area contributed by atoms with Crippen molar-refractivity contribution in [1.82, 2.24) is 4.90 Å². The van der Waals surface area contributed by atoms with E-state index in [0.717, 1.165) is 11.3 Å². The minimum Gasteiger partial charge on any atom is -0.383 e. The molecule has 0 bridgehead atoms. The number of methoxy groups -OCH3 is 1. The van der Waals surface area contributed by atoms with Crippen LogP contribution in [0.4, 0.5) is 16.2 Å². The first-order valence-corrected chi connectivity index (χ1v) is 10.3. The van der Waals surface area contributed by atoms with Crippen LogP contribution < -0.4 is 10.2 Å². The van der Waals surface area contributed by atoms with Crippen LogP contribution >= 0.6 is 23.4 Å². The maximum Gasteiger partial charge on any atom is 0.323 e. The number of halogens is 1. The Morgan fingerprint density at radius 2 is 2.00 bits per heavy atom. The number of amides is 3. The third-order valence-electron chi connectivity index (χ3n) is 4.96. The molecule has 0 radical (unpaired) electrons. The number of hydrogen-bond donors (Lipinski definition) is 1. The number of nitrogens with zero attached hydrogens (tertiary/aromatic N) is 2. The summed E-state index contributed by atoms with van der Waals surface area (Å²) in [7, 11) is 1.61. The Kier molecular flexibility index (Phi) is 5.23. The van der Waals surface area contributed by atoms with Crippen LogP contribution in [-0.2, 0) is 14.4 Å². The molecule has 1 saturated heterocycles. The first-order valence-electron chi connectivity index (χ1n) is 8.96. The number of benzene rings is 2. The van der Waals surface area contributed by atoms with Gasteiger partial charge in [0, 0.05) is 42.2 Å². The van der Waals surface area contributed by atoms with Crippen molar-refractivity contribution in [3.63, 3.8) is 0 Å². The highest BCUT2D eigenvalue weighted by atomic mass is 35.5. The molecule has 1 fully saturated rings. The van der Waals surface area contributed by atoms with Gasteiger partial charge in [0.25, 0.3) is 5.91 Å². The predicted molar refractivity (Wildman–Crippen MR) is 112 cm³/mol. The van der Waals surface area contributed by atoms with E-state index in [2.05, 4.69) is 5.32 Å². The summed E-state index contributed by atoms with van der Waals surface area (Å²) in [5.74, 6) is 0.589. The minimum atomic E-state index is -1.04. The van der Waals surface area contributed by atoms with Crippen LogP contribution in [0.15, 0.2) is 48.5 Å². The van der Waals surface area contributed by atoms with E-state index in [-0.39, 0.29) is 11.9 Å². The van der Waals surface area contributed by atoms with Crippen molar-refractivity contribution in [2.75, 3.05) is 42.8 Å². The number of nitrogens with one attached hydrogen (secondary N) is 1. The molecule has 1 atom stereocenters. The van der Waals surface area contributed by atoms with Gasteiger partial charge in [0.2, 0.25) is 0 Å². The van der Waals surface area contributed by atoms with E-state index in [1.807, 2.05) is 24.3 Å². The van der Waals surface area contributed by atoms with Crippen molar-refractivity contribution < 1.29 is 14.3 Å². The summed E-state index contributed by atoms with van der Waals surface area (Å²) in [4.78, 5) is 28.9. The van der Waals surface area contributed by atoms with Crippen LogP contribution in [0.25, 0.3) is 0 Å². The molecule has 1 N–H and O–H groups in total. The highest BCUT2D eigenvalue weighted by molar-refractivity contribution is 8.01. The molecule has 1 unspecified atom stereocenters. The SMILES string of the molecule is COCCN1C(=O)C2(SCCN2C(=O)Nc2ccc(Cl)cc2)c2ccccc21. The van der Waals surface area contributed by atoms with Gasteiger partial charge in [-0.2, -0.15) is 0 Å². The fraction of sp³-hybridized carbons (Fsp3) is 0.300. The van der Waals surface area contributed by atoms with Gasteiger partial charge in [-0.1, -0.05) is 29.8 Å². The van der Waals surface area contributed by atoms with Gasteiger partial charge in [0.05, 0.1) is 12.3 Å². The van der Waals surface area contributed by atoms with Gasteiger partial charge in [0.15, 0.2) is 4.87 Å². The van der Waals surface area contributed by atoms with Crippen molar-refractivity contribution in [3.8, 4) is 0 Å². The van der Waals surface area contributed by atoms with E-state index in [1.165, 1.54) is 11.8 Å². The Hall–Kier alpha value is -2.22. The molecule has 0 saturated carbocycles. The monoisotopic (exact) mass is 417 g/mol. The molecule has 2 aliphatic rings. The number of fused-ring (bicyclic) bond motifs is 2. The minimum absolute atomic E-state index is 0.0977. The number of urea groups is 1. The number of carbonyl (C=O) groups excluding carboxylic acids is 2. The van der Waals surface area contributed by atoms with Crippen LogP contribution in [0.3, 0.4) is 0 Å². The number of ether oxygens (including phenoxy) is 1. The number of para-hydroxylation sites is 1. The molecule has 4 rings (SSSR count). The van der Waals surface area contributed by atoms with Crippen molar-refractivity contribution in [2.24, 2.45) is 0 Å². The van der Waals surface area contributed by atoms with Gasteiger partial charge in [-0.05, 0) is 30.3 Å². The summed E-state index contributed by atoms with van der Waals surface area (Å²) in [6.07, 6.45) is 0. The number of rotatable bonds is 4. The van der Waals surface area contributed by atoms with Gasteiger partial charge in [0.1, 0.15) is 0 Å². The average molecular weight is 418 g/mol. The first-order chi connectivity index (χ1) is 13.6. The van der Waals surface area contributed by atoms with Crippen LogP contribution in [0, 0.1) is 0 Å². The summed E-state index contributed by atoms with van der Waals surface area (Å²) >= 11 is 7.42. The van der Waals surface area contributed by atoms with Gasteiger partial charge in [-0.25, -0.2) is 4.79 Å². The molecule has 8 heteroatoms. The van der Waals surface area contributed by atoms with E-state index in [1.54, 1.807) is 41.2 Å². The Morgan fingerprint density at radius 3 is 2.75 bits per heavy atom. The van der Waals surface area contributed by atoms with Gasteiger partial charge in [-0.3, -0.25) is 9.69 Å². The number of hydrogen-bond acceptors (Lipinski definition) is 4. The van der Waals surface area contributed by atoms with E-state index in [9.17, 15) is 9.59 Å². The Labute approximate surface area is 172 Å². The highest BCUT2D eigenvalue weighted by Crippen LogP contribution is 2.54. The van der Waals surface area contributed by atoms with Crippen molar-refractivity contribution in [1.29, 1.82) is 0 Å². The lowest BCUT2D eigenvalue weighted by Crippen LogP contribution is -2.52. The summed E-state index contributed by atoms with van der Waals surface area (Å²) < 4.78 is 5.18. The molecule has 1 spiro atoms. The molecule has 2 aliphatic heterocycles. The Morgan fingerprint density at radius 1 is 1.25 bits per heavy atom. The fourth-order valence-corrected chi connectivity index (χ4v) is 5.28. The largest absolute Gasteiger partial charge is 0.383 e. The van der Waals surface area contributed by atoms with E-state index in [4.69, 9.17) is 16.3 Å². The number of carbonyl (C=O) groups is 2. The Bertz CT molecular complexity index is 908. The summed E-state index contributed by atoms with van der Waals surface area (Å²) in [5, 5.41) is 3.49. The molecular formula is C20H20ClN3O3S. The standard InChI is InChI=1S/C20H20ClN3O3S/c1-27-12-10-23-17-5-3-2-4-16(17)20(18(23)25)24(11-13-28-20)19(26)22-15-8-6-14(21)7-9-15/h2-9H,10-13H2,1H3,(H,22,26). The zero-order valence-corrected chi connectivity index (χ0v) is 16.9. The van der Waals surface area contributed by atoms with Crippen molar-refractivity contribution in [3.05, 3.63) is 59.1 Å². The smallest absolute Gasteiger partial charge is 0.323 e. The molecule has 3 amide bonds. The van der Waals surface area contributed by atoms with Gasteiger partial charge < -0.3 is 15.0 Å². The Balaban J connectivity index is 1.68. The predicted octanol–water partition coefficient (Wildman–Crippen LogP) is 3.77. The summed E-state index contributed by atoms with van der Waals surface area (Å²) in [5.41, 5.74) is 2.32. The number of anilines is 2. The zero-order chi connectivity index (χ0) is 19.7. The third-order valence-corrected chi connectivity index (χ3v) is 6.63. The lowest BCUT2D eigenvalue weighted by Gasteiger charge is -2.33. The molecule has 0 aromatic heterocycles. The fourth-order valence-electron chi connectivity index (χ4n) is 3.70. The molecule has 146 valence electrons. The van der Waals surface area contributed by atoms with Gasteiger partial charge in [-0.15, -0.1) is 11.8 Å². The van der Waals surface area contributed by atoms with Crippen LogP contribution in [0.5, 0.6) is 0 Å². The molecule has 6 nitrogen and oxygen atoms in total. The molecular weight excluding hydrogens is 398 g/mol. The summed E-state index contributed by atoms with van der Waals surface area (Å²) in [6.45, 7) is 1.36. The summed E-state index contributed by atoms with van der Waals surface area (Å²) in [6, 6.07) is 14.3. The van der Waals surface area contributed by atoms with Crippen molar-refractivity contribution >= 4 is 46.7 Å².